The third-order valence-corrected chi connectivity index (χ3v) is 4.95. The van der Waals surface area contributed by atoms with Crippen LogP contribution in [0.5, 0.6) is 5.75 Å². The lowest BCUT2D eigenvalue weighted by atomic mass is 9.82. The van der Waals surface area contributed by atoms with Gasteiger partial charge >= 0.3 is 0 Å². The number of aryl methyl sites for hydroxylation is 1. The summed E-state index contributed by atoms with van der Waals surface area (Å²) in [5.41, 5.74) is 4.44. The maximum atomic E-state index is 5.43. The second-order valence-electron chi connectivity index (χ2n) is 6.65. The number of rotatable bonds is 6. The Labute approximate surface area is 152 Å². The first-order valence-corrected chi connectivity index (χ1v) is 8.65. The smallest absolute Gasteiger partial charge is 0.119 e. The fourth-order valence-electron chi connectivity index (χ4n) is 3.62. The molecule has 1 atom stereocenters. The van der Waals surface area contributed by atoms with Crippen molar-refractivity contribution in [2.24, 2.45) is 0 Å². The first-order chi connectivity index (χ1) is 11.3. The largest absolute Gasteiger partial charge is 0.497 e. The molecule has 3 rings (SSSR count). The molecular weight excluding hydrogens is 318 g/mol. The Kier molecular flexibility index (Phi) is 7.14. The van der Waals surface area contributed by atoms with Crippen LogP contribution < -0.4 is 4.74 Å². The molecule has 0 aliphatic heterocycles. The molecule has 3 heteroatoms. The summed E-state index contributed by atoms with van der Waals surface area (Å²) in [5, 5.41) is 0. The SMILES string of the molecule is COc1ccc2c(c1)C(CN(C)CCc1ccccc1)CCC2.Cl. The molecule has 0 radical (unpaired) electrons. The Balaban J connectivity index is 0.00000208. The molecular formula is C21H28ClNO. The molecule has 0 heterocycles. The highest BCUT2D eigenvalue weighted by Crippen LogP contribution is 2.34. The van der Waals surface area contributed by atoms with Gasteiger partial charge in [-0.25, -0.2) is 0 Å². The molecule has 0 N–H and O–H groups in total. The molecule has 0 spiro atoms. The topological polar surface area (TPSA) is 12.5 Å². The van der Waals surface area contributed by atoms with Crippen molar-refractivity contribution in [2.45, 2.75) is 31.6 Å². The van der Waals surface area contributed by atoms with Gasteiger partial charge in [0.1, 0.15) is 5.75 Å². The number of hydrogen-bond donors (Lipinski definition) is 0. The van der Waals surface area contributed by atoms with E-state index in [-0.39, 0.29) is 12.4 Å². The van der Waals surface area contributed by atoms with Crippen LogP contribution in [0.25, 0.3) is 0 Å². The van der Waals surface area contributed by atoms with E-state index in [9.17, 15) is 0 Å². The fraction of sp³-hybridized carbons (Fsp3) is 0.429. The van der Waals surface area contributed by atoms with Crippen molar-refractivity contribution in [3.63, 3.8) is 0 Å². The minimum absolute atomic E-state index is 0. The highest BCUT2D eigenvalue weighted by molar-refractivity contribution is 5.85. The van der Waals surface area contributed by atoms with Gasteiger partial charge in [0.2, 0.25) is 0 Å². The number of methoxy groups -OCH3 is 1. The maximum Gasteiger partial charge on any atom is 0.119 e. The standard InChI is InChI=1S/C21H27NO.ClH/c1-22(14-13-17-7-4-3-5-8-17)16-19-10-6-9-18-11-12-20(23-2)15-21(18)19;/h3-5,7-8,11-12,15,19H,6,9-10,13-14,16H2,1-2H3;1H. The summed E-state index contributed by atoms with van der Waals surface area (Å²) in [4.78, 5) is 2.48. The Morgan fingerprint density at radius 3 is 2.67 bits per heavy atom. The number of halogens is 1. The summed E-state index contributed by atoms with van der Waals surface area (Å²) in [5.74, 6) is 1.62. The van der Waals surface area contributed by atoms with Gasteiger partial charge in [-0.15, -0.1) is 12.4 Å². The van der Waals surface area contributed by atoms with E-state index in [0.717, 1.165) is 25.3 Å². The molecule has 2 aromatic carbocycles. The van der Waals surface area contributed by atoms with Crippen molar-refractivity contribution in [1.29, 1.82) is 0 Å². The van der Waals surface area contributed by atoms with Gasteiger partial charge in [0.15, 0.2) is 0 Å². The number of ether oxygens (including phenoxy) is 1. The van der Waals surface area contributed by atoms with Crippen molar-refractivity contribution in [3.05, 3.63) is 65.2 Å². The van der Waals surface area contributed by atoms with E-state index in [0.29, 0.717) is 5.92 Å². The molecule has 2 nitrogen and oxygen atoms in total. The van der Waals surface area contributed by atoms with Gasteiger partial charge in [-0.05, 0) is 67.5 Å². The second-order valence-corrected chi connectivity index (χ2v) is 6.65. The first kappa shape index (κ1) is 18.8. The van der Waals surface area contributed by atoms with E-state index in [4.69, 9.17) is 4.74 Å². The lowest BCUT2D eigenvalue weighted by molar-refractivity contribution is 0.300. The summed E-state index contributed by atoms with van der Waals surface area (Å²) in [6.45, 7) is 2.24. The number of benzene rings is 2. The average molecular weight is 346 g/mol. The Morgan fingerprint density at radius 1 is 1.12 bits per heavy atom. The van der Waals surface area contributed by atoms with Crippen molar-refractivity contribution < 1.29 is 4.74 Å². The van der Waals surface area contributed by atoms with Crippen molar-refractivity contribution in [3.8, 4) is 5.75 Å². The fourth-order valence-corrected chi connectivity index (χ4v) is 3.62. The third-order valence-electron chi connectivity index (χ3n) is 4.95. The molecule has 130 valence electrons. The first-order valence-electron chi connectivity index (χ1n) is 8.65. The molecule has 1 unspecified atom stereocenters. The molecule has 1 aliphatic carbocycles. The molecule has 2 aromatic rings. The van der Waals surface area contributed by atoms with Crippen molar-refractivity contribution in [2.75, 3.05) is 27.2 Å². The zero-order chi connectivity index (χ0) is 16.1. The van der Waals surface area contributed by atoms with E-state index in [1.807, 2.05) is 0 Å². The molecule has 0 saturated carbocycles. The maximum absolute atomic E-state index is 5.43. The Morgan fingerprint density at radius 2 is 1.92 bits per heavy atom. The van der Waals surface area contributed by atoms with Crippen molar-refractivity contribution in [1.82, 2.24) is 4.90 Å². The molecule has 0 aromatic heterocycles. The van der Waals surface area contributed by atoms with Crippen LogP contribution in [0.2, 0.25) is 0 Å². The molecule has 0 saturated heterocycles. The van der Waals surface area contributed by atoms with Gasteiger partial charge in [-0.2, -0.15) is 0 Å². The van der Waals surface area contributed by atoms with Crippen LogP contribution in [0.15, 0.2) is 48.5 Å². The van der Waals surface area contributed by atoms with Crippen LogP contribution >= 0.6 is 12.4 Å². The van der Waals surface area contributed by atoms with Gasteiger partial charge in [0.05, 0.1) is 7.11 Å². The number of nitrogens with zero attached hydrogens (tertiary/aromatic N) is 1. The van der Waals surface area contributed by atoms with Crippen LogP contribution in [0.1, 0.15) is 35.4 Å². The molecule has 0 bridgehead atoms. The minimum Gasteiger partial charge on any atom is -0.497 e. The lowest BCUT2D eigenvalue weighted by Crippen LogP contribution is -2.28. The quantitative estimate of drug-likeness (QED) is 0.751. The average Bonchev–Trinajstić information content (AvgIpc) is 2.61. The van der Waals surface area contributed by atoms with Crippen LogP contribution in [0.4, 0.5) is 0 Å². The molecule has 1 aliphatic rings. The van der Waals surface area contributed by atoms with Gasteiger partial charge in [0, 0.05) is 13.1 Å². The van der Waals surface area contributed by atoms with Crippen molar-refractivity contribution >= 4 is 12.4 Å². The van der Waals surface area contributed by atoms with Crippen LogP contribution in [-0.4, -0.2) is 32.1 Å². The predicted octanol–water partition coefficient (Wildman–Crippen LogP) is 4.71. The van der Waals surface area contributed by atoms with Crippen LogP contribution in [-0.2, 0) is 12.8 Å². The second kappa shape index (κ2) is 9.10. The van der Waals surface area contributed by atoms with E-state index in [1.54, 1.807) is 7.11 Å². The van der Waals surface area contributed by atoms with E-state index in [1.165, 1.54) is 36.0 Å². The van der Waals surface area contributed by atoms with Crippen LogP contribution in [0.3, 0.4) is 0 Å². The Hall–Kier alpha value is -1.51. The zero-order valence-corrected chi connectivity index (χ0v) is 15.5. The predicted molar refractivity (Wildman–Crippen MR) is 104 cm³/mol. The summed E-state index contributed by atoms with van der Waals surface area (Å²) in [6.07, 6.45) is 4.92. The Bertz CT molecular complexity index is 629. The van der Waals surface area contributed by atoms with Gasteiger partial charge < -0.3 is 9.64 Å². The van der Waals surface area contributed by atoms with Gasteiger partial charge in [-0.1, -0.05) is 36.4 Å². The lowest BCUT2D eigenvalue weighted by Gasteiger charge is -2.30. The highest BCUT2D eigenvalue weighted by Gasteiger charge is 2.22. The molecule has 0 amide bonds. The highest BCUT2D eigenvalue weighted by atomic mass is 35.5. The molecule has 24 heavy (non-hydrogen) atoms. The number of likely N-dealkylation sites (N-methyl/N-ethyl adjacent to an activating group) is 1. The zero-order valence-electron chi connectivity index (χ0n) is 14.7. The van der Waals surface area contributed by atoms with Gasteiger partial charge in [-0.3, -0.25) is 0 Å². The van der Waals surface area contributed by atoms with Crippen LogP contribution in [0, 0.1) is 0 Å². The minimum atomic E-state index is 0. The normalized spacial score (nSPS) is 16.4. The number of fused-ring (bicyclic) bond motifs is 1. The summed E-state index contributed by atoms with van der Waals surface area (Å²) >= 11 is 0. The van der Waals surface area contributed by atoms with E-state index < -0.39 is 0 Å². The summed E-state index contributed by atoms with van der Waals surface area (Å²) in [6, 6.07) is 17.4. The number of hydrogen-bond acceptors (Lipinski definition) is 2. The monoisotopic (exact) mass is 345 g/mol. The molecule has 0 fully saturated rings. The van der Waals surface area contributed by atoms with E-state index >= 15 is 0 Å². The third kappa shape index (κ3) is 4.75. The van der Waals surface area contributed by atoms with E-state index in [2.05, 4.69) is 60.5 Å². The summed E-state index contributed by atoms with van der Waals surface area (Å²) in [7, 11) is 4.00. The van der Waals surface area contributed by atoms with Gasteiger partial charge in [0.25, 0.3) is 0 Å². The summed E-state index contributed by atoms with van der Waals surface area (Å²) < 4.78 is 5.43.